The smallest absolute Gasteiger partial charge is 0.260 e. The fraction of sp³-hybridized carbons (Fsp3) is 0.281. The van der Waals surface area contributed by atoms with E-state index in [0.29, 0.717) is 42.0 Å². The van der Waals surface area contributed by atoms with Crippen LogP contribution in [0.3, 0.4) is 0 Å². The summed E-state index contributed by atoms with van der Waals surface area (Å²) >= 11 is 0. The number of aromatic nitrogens is 2. The number of amides is 2. The minimum absolute atomic E-state index is 0.211. The van der Waals surface area contributed by atoms with Crippen molar-refractivity contribution in [2.24, 2.45) is 0 Å². The van der Waals surface area contributed by atoms with Crippen LogP contribution in [0, 0.1) is 12.7 Å². The van der Waals surface area contributed by atoms with Gasteiger partial charge in [-0.1, -0.05) is 18.2 Å². The molecule has 1 unspecified atom stereocenters. The summed E-state index contributed by atoms with van der Waals surface area (Å²) < 4.78 is 22.6. The van der Waals surface area contributed by atoms with Crippen LogP contribution in [0.2, 0.25) is 0 Å². The van der Waals surface area contributed by atoms with Gasteiger partial charge in [-0.25, -0.2) is 9.37 Å². The van der Waals surface area contributed by atoms with Crippen molar-refractivity contribution in [2.45, 2.75) is 51.8 Å². The Hall–Kier alpha value is -4.30. The fourth-order valence-electron chi connectivity index (χ4n) is 5.22. The molecular formula is C32H33FN4O3. The van der Waals surface area contributed by atoms with Crippen molar-refractivity contribution >= 4 is 23.2 Å². The van der Waals surface area contributed by atoms with Crippen LogP contribution in [-0.2, 0) is 17.7 Å². The number of nitrogens with one attached hydrogen (secondary N) is 1. The van der Waals surface area contributed by atoms with Gasteiger partial charge in [0.15, 0.2) is 0 Å². The van der Waals surface area contributed by atoms with Crippen molar-refractivity contribution in [3.8, 4) is 0 Å². The first-order valence-electron chi connectivity index (χ1n) is 13.5. The second-order valence-corrected chi connectivity index (χ2v) is 10.3. The van der Waals surface area contributed by atoms with Gasteiger partial charge in [-0.3, -0.25) is 14.5 Å². The van der Waals surface area contributed by atoms with Crippen LogP contribution in [-0.4, -0.2) is 33.7 Å². The van der Waals surface area contributed by atoms with E-state index in [4.69, 9.17) is 4.74 Å². The average molecular weight is 541 g/mol. The molecular weight excluding hydrogens is 507 g/mol. The highest BCUT2D eigenvalue weighted by Gasteiger charge is 2.40. The van der Waals surface area contributed by atoms with Gasteiger partial charge < -0.3 is 14.6 Å². The number of anilines is 2. The largest absolute Gasteiger partial charge is 0.355 e. The van der Waals surface area contributed by atoms with Gasteiger partial charge in [0.05, 0.1) is 18.6 Å². The Morgan fingerprint density at radius 3 is 2.65 bits per heavy atom. The van der Waals surface area contributed by atoms with Crippen molar-refractivity contribution in [3.05, 3.63) is 114 Å². The topological polar surface area (TPSA) is 76.5 Å². The van der Waals surface area contributed by atoms with Gasteiger partial charge in [0.1, 0.15) is 11.5 Å². The van der Waals surface area contributed by atoms with Crippen LogP contribution >= 0.6 is 0 Å². The third kappa shape index (κ3) is 5.97. The standard InChI is InChI=1S/C32H33FN4O3/c1-23-7-3-4-9-28(23)30(38)35-27-13-10-24(11-14-27)31(39)37-29-15-12-26(33)21-25(29)8-5-16-32(37,2)40-20-6-18-36-19-17-34-22-36/h3-4,7,9-15,17,19,21-22H,5-6,8,16,18,20H2,1-2H3,(H,35,38). The molecule has 40 heavy (non-hydrogen) atoms. The maximum absolute atomic E-state index is 14.2. The number of halogens is 1. The zero-order valence-corrected chi connectivity index (χ0v) is 22.8. The lowest BCUT2D eigenvalue weighted by Gasteiger charge is -2.40. The minimum Gasteiger partial charge on any atom is -0.355 e. The van der Waals surface area contributed by atoms with E-state index in [2.05, 4.69) is 10.3 Å². The lowest BCUT2D eigenvalue weighted by atomic mass is 10.1. The highest BCUT2D eigenvalue weighted by Crippen LogP contribution is 2.38. The molecule has 4 aromatic rings. The summed E-state index contributed by atoms with van der Waals surface area (Å²) in [6, 6.07) is 18.8. The predicted molar refractivity (Wildman–Crippen MR) is 153 cm³/mol. The van der Waals surface area contributed by atoms with Crippen molar-refractivity contribution in [3.63, 3.8) is 0 Å². The third-order valence-electron chi connectivity index (χ3n) is 7.36. The van der Waals surface area contributed by atoms with Crippen LogP contribution in [0.5, 0.6) is 0 Å². The predicted octanol–water partition coefficient (Wildman–Crippen LogP) is 6.39. The SMILES string of the molecule is Cc1ccccc1C(=O)Nc1ccc(C(=O)N2c3ccc(F)cc3CCCC2(C)OCCCn2ccnc2)cc1. The number of fused-ring (bicyclic) bond motifs is 1. The molecule has 2 heterocycles. The molecule has 1 aliphatic heterocycles. The maximum Gasteiger partial charge on any atom is 0.260 e. The van der Waals surface area contributed by atoms with Crippen LogP contribution in [0.4, 0.5) is 15.8 Å². The number of benzene rings is 3. The summed E-state index contributed by atoms with van der Waals surface area (Å²) in [7, 11) is 0. The molecule has 206 valence electrons. The molecule has 0 radical (unpaired) electrons. The van der Waals surface area contributed by atoms with Crippen LogP contribution in [0.25, 0.3) is 0 Å². The first kappa shape index (κ1) is 27.3. The first-order valence-corrected chi connectivity index (χ1v) is 13.5. The quantitative estimate of drug-likeness (QED) is 0.263. The summed E-state index contributed by atoms with van der Waals surface area (Å²) in [6.07, 6.45) is 8.16. The second kappa shape index (κ2) is 11.8. The van der Waals surface area contributed by atoms with Crippen molar-refractivity contribution in [1.29, 1.82) is 0 Å². The lowest BCUT2D eigenvalue weighted by Crippen LogP contribution is -2.52. The van der Waals surface area contributed by atoms with Crippen LogP contribution < -0.4 is 10.2 Å². The van der Waals surface area contributed by atoms with Crippen LogP contribution in [0.15, 0.2) is 85.5 Å². The minimum atomic E-state index is -0.924. The molecule has 8 heteroatoms. The Balaban J connectivity index is 1.38. The van der Waals surface area contributed by atoms with Gasteiger partial charge in [-0.2, -0.15) is 0 Å². The molecule has 0 saturated heterocycles. The number of imidazole rings is 1. The fourth-order valence-corrected chi connectivity index (χ4v) is 5.22. The molecule has 0 fully saturated rings. The van der Waals surface area contributed by atoms with E-state index in [1.165, 1.54) is 12.1 Å². The molecule has 0 bridgehead atoms. The van der Waals surface area contributed by atoms with Gasteiger partial charge >= 0.3 is 0 Å². The van der Waals surface area contributed by atoms with Crippen molar-refractivity contribution in [1.82, 2.24) is 9.55 Å². The van der Waals surface area contributed by atoms with Gasteiger partial charge in [0, 0.05) is 35.8 Å². The number of carbonyl (C=O) groups is 2. The number of hydrogen-bond acceptors (Lipinski definition) is 4. The Morgan fingerprint density at radius 2 is 1.90 bits per heavy atom. The zero-order chi connectivity index (χ0) is 28.1. The number of hydrogen-bond donors (Lipinski definition) is 1. The Morgan fingerprint density at radius 1 is 1.10 bits per heavy atom. The van der Waals surface area contributed by atoms with E-state index in [-0.39, 0.29) is 17.6 Å². The highest BCUT2D eigenvalue weighted by atomic mass is 19.1. The number of nitrogens with zero attached hydrogens (tertiary/aromatic N) is 3. The van der Waals surface area contributed by atoms with Gasteiger partial charge in [0.2, 0.25) is 0 Å². The number of ether oxygens (including phenoxy) is 1. The number of aryl methyl sites for hydroxylation is 3. The summed E-state index contributed by atoms with van der Waals surface area (Å²) in [5.41, 5.74) is 3.01. The van der Waals surface area contributed by atoms with E-state index in [0.717, 1.165) is 30.5 Å². The second-order valence-electron chi connectivity index (χ2n) is 10.3. The van der Waals surface area contributed by atoms with E-state index < -0.39 is 5.72 Å². The molecule has 1 N–H and O–H groups in total. The normalized spacial score (nSPS) is 16.7. The first-order chi connectivity index (χ1) is 19.3. The van der Waals surface area contributed by atoms with Gasteiger partial charge in [-0.05, 0) is 99.2 Å². The van der Waals surface area contributed by atoms with Crippen molar-refractivity contribution in [2.75, 3.05) is 16.8 Å². The molecule has 5 rings (SSSR count). The molecule has 1 aliphatic rings. The third-order valence-corrected chi connectivity index (χ3v) is 7.36. The summed E-state index contributed by atoms with van der Waals surface area (Å²) in [6.45, 7) is 5.01. The Kier molecular flexibility index (Phi) is 8.07. The molecule has 0 spiro atoms. The van der Waals surface area contributed by atoms with E-state index in [1.807, 2.05) is 42.8 Å². The number of rotatable bonds is 8. The molecule has 3 aromatic carbocycles. The van der Waals surface area contributed by atoms with Gasteiger partial charge in [-0.15, -0.1) is 0 Å². The molecule has 7 nitrogen and oxygen atoms in total. The molecule has 0 saturated carbocycles. The summed E-state index contributed by atoms with van der Waals surface area (Å²) in [4.78, 5) is 32.6. The lowest BCUT2D eigenvalue weighted by molar-refractivity contribution is -0.0379. The number of carbonyl (C=O) groups excluding carboxylic acids is 2. The summed E-state index contributed by atoms with van der Waals surface area (Å²) in [5, 5.41) is 2.90. The van der Waals surface area contributed by atoms with E-state index in [1.54, 1.807) is 53.8 Å². The van der Waals surface area contributed by atoms with E-state index >= 15 is 0 Å². The van der Waals surface area contributed by atoms with Gasteiger partial charge in [0.25, 0.3) is 11.8 Å². The zero-order valence-electron chi connectivity index (χ0n) is 22.8. The monoisotopic (exact) mass is 540 g/mol. The van der Waals surface area contributed by atoms with Crippen molar-refractivity contribution < 1.29 is 18.7 Å². The molecule has 1 atom stereocenters. The summed E-state index contributed by atoms with van der Waals surface area (Å²) in [5.74, 6) is -0.786. The highest BCUT2D eigenvalue weighted by molar-refractivity contribution is 6.08. The average Bonchev–Trinajstić information content (AvgIpc) is 3.42. The Bertz CT molecular complexity index is 1490. The van der Waals surface area contributed by atoms with E-state index in [9.17, 15) is 14.0 Å². The van der Waals surface area contributed by atoms with Crippen LogP contribution in [0.1, 0.15) is 58.0 Å². The molecule has 2 amide bonds. The maximum atomic E-state index is 14.2. The molecule has 1 aromatic heterocycles. The Labute approximate surface area is 233 Å². The molecule has 0 aliphatic carbocycles.